The number of fused-ring (bicyclic) bond motifs is 1. The topological polar surface area (TPSA) is 86.6 Å². The van der Waals surface area contributed by atoms with E-state index < -0.39 is 49.4 Å². The van der Waals surface area contributed by atoms with E-state index >= 15 is 0 Å². The van der Waals surface area contributed by atoms with Gasteiger partial charge in [-0.25, -0.2) is 0 Å². The number of aliphatic hydroxyl groups excluding tert-OH is 2. The Bertz CT molecular complexity index is 385. The lowest BCUT2D eigenvalue weighted by Gasteiger charge is -2.35. The Hall–Kier alpha value is -0.280. The molecule has 3 fully saturated rings. The first-order valence-corrected chi connectivity index (χ1v) is 8.65. The average molecular weight is 332 g/mol. The van der Waals surface area contributed by atoms with Gasteiger partial charge in [0.05, 0.1) is 6.61 Å². The Morgan fingerprint density at radius 3 is 2.61 bits per heavy atom. The molecule has 6 atom stereocenters. The Morgan fingerprint density at radius 1 is 1.22 bits per heavy atom. The normalized spacial score (nSPS) is 38.6. The zero-order valence-corrected chi connectivity index (χ0v) is 13.8. The summed E-state index contributed by atoms with van der Waals surface area (Å²) < 4.78 is 29.4. The van der Waals surface area contributed by atoms with Crippen molar-refractivity contribution in [3.8, 4) is 0 Å². The summed E-state index contributed by atoms with van der Waals surface area (Å²) in [6.07, 6.45) is 1.32. The zero-order chi connectivity index (χ0) is 16.4. The fourth-order valence-electron chi connectivity index (χ4n) is 3.75. The van der Waals surface area contributed by atoms with E-state index in [1.807, 2.05) is 6.92 Å². The summed E-state index contributed by atoms with van der Waals surface area (Å²) in [5.41, 5.74) is 0. The first kappa shape index (κ1) is 17.5. The molecule has 0 amide bonds. The molecule has 0 aromatic rings. The first-order chi connectivity index (χ1) is 11.1. The van der Waals surface area contributed by atoms with Crippen molar-refractivity contribution >= 4 is 0 Å². The van der Waals surface area contributed by atoms with Crippen molar-refractivity contribution in [3.05, 3.63) is 0 Å². The van der Waals surface area contributed by atoms with Gasteiger partial charge in [-0.3, -0.25) is 0 Å². The van der Waals surface area contributed by atoms with Crippen molar-refractivity contribution in [2.75, 3.05) is 13.2 Å². The van der Waals surface area contributed by atoms with E-state index in [0.717, 1.165) is 25.7 Å². The van der Waals surface area contributed by atoms with E-state index in [1.54, 1.807) is 6.92 Å². The molecule has 2 N–H and O–H groups in total. The minimum atomic E-state index is -1.05. The van der Waals surface area contributed by atoms with Crippen LogP contribution >= 0.6 is 0 Å². The lowest BCUT2D eigenvalue weighted by molar-refractivity contribution is -0.269. The summed E-state index contributed by atoms with van der Waals surface area (Å²) in [7, 11) is 0. The van der Waals surface area contributed by atoms with Crippen molar-refractivity contribution in [2.45, 2.75) is 88.7 Å². The average Bonchev–Trinajstić information content (AvgIpc) is 3.03. The third-order valence-electron chi connectivity index (χ3n) is 4.82. The van der Waals surface area contributed by atoms with Crippen LogP contribution in [0.25, 0.3) is 0 Å². The first-order valence-electron chi connectivity index (χ1n) is 8.65. The molecule has 2 aliphatic heterocycles. The summed E-state index contributed by atoms with van der Waals surface area (Å²) in [6, 6.07) is 0. The summed E-state index contributed by atoms with van der Waals surface area (Å²) in [6.45, 7) is 3.81. The molecule has 134 valence electrons. The second-order valence-corrected chi connectivity index (χ2v) is 6.51. The third-order valence-corrected chi connectivity index (χ3v) is 4.82. The quantitative estimate of drug-likeness (QED) is 0.699. The summed E-state index contributed by atoms with van der Waals surface area (Å²) in [5.74, 6) is -0.584. The fraction of sp³-hybridized carbons (Fsp3) is 1.00. The molecule has 7 nitrogen and oxygen atoms in total. The fourth-order valence-corrected chi connectivity index (χ4v) is 3.75. The van der Waals surface area contributed by atoms with Crippen LogP contribution in [0, 0.1) is 0 Å². The largest absolute Gasteiger partial charge is 0.394 e. The molecule has 0 aromatic carbocycles. The number of hydrogen-bond acceptors (Lipinski definition) is 7. The molecule has 0 aromatic heterocycles. The van der Waals surface area contributed by atoms with Gasteiger partial charge in [0, 0.05) is 19.4 Å². The highest BCUT2D eigenvalue weighted by Gasteiger charge is 2.59. The predicted octanol–water partition coefficient (Wildman–Crippen LogP) is 0.908. The molecular formula is C16H28O7. The highest BCUT2D eigenvalue weighted by atomic mass is 16.8. The Morgan fingerprint density at radius 2 is 1.96 bits per heavy atom. The van der Waals surface area contributed by atoms with Gasteiger partial charge in [0.1, 0.15) is 24.4 Å². The maximum atomic E-state index is 10.0. The molecule has 3 rings (SSSR count). The molecule has 0 bridgehead atoms. The molecule has 7 heteroatoms. The van der Waals surface area contributed by atoms with Gasteiger partial charge in [0.15, 0.2) is 18.4 Å². The second kappa shape index (κ2) is 7.31. The van der Waals surface area contributed by atoms with Crippen LogP contribution in [0.4, 0.5) is 0 Å². The lowest BCUT2D eigenvalue weighted by Crippen LogP contribution is -2.46. The Kier molecular flexibility index (Phi) is 5.57. The van der Waals surface area contributed by atoms with Crippen LogP contribution < -0.4 is 0 Å². The highest BCUT2D eigenvalue weighted by molar-refractivity contribution is 4.99. The zero-order valence-electron chi connectivity index (χ0n) is 13.8. The van der Waals surface area contributed by atoms with Gasteiger partial charge in [-0.15, -0.1) is 0 Å². The van der Waals surface area contributed by atoms with Gasteiger partial charge in [-0.2, -0.15) is 0 Å². The SMILES string of the molecule is CCOC(C)O[C@@H]1[C@H]2OC3(CCCCC3)O[C@H]2O[C@@H]1C(O)CO. The monoisotopic (exact) mass is 332 g/mol. The highest BCUT2D eigenvalue weighted by Crippen LogP contribution is 2.46. The predicted molar refractivity (Wildman–Crippen MR) is 79.5 cm³/mol. The van der Waals surface area contributed by atoms with Crippen molar-refractivity contribution in [3.63, 3.8) is 0 Å². The van der Waals surface area contributed by atoms with Crippen LogP contribution in [0.1, 0.15) is 46.0 Å². The summed E-state index contributed by atoms with van der Waals surface area (Å²) in [5, 5.41) is 19.3. The number of aliphatic hydroxyl groups is 2. The molecule has 3 aliphatic rings. The molecule has 2 heterocycles. The molecule has 1 saturated carbocycles. The van der Waals surface area contributed by atoms with Gasteiger partial charge in [-0.1, -0.05) is 6.42 Å². The maximum Gasteiger partial charge on any atom is 0.190 e. The van der Waals surface area contributed by atoms with E-state index in [-0.39, 0.29) is 0 Å². The summed E-state index contributed by atoms with van der Waals surface area (Å²) in [4.78, 5) is 0. The standard InChI is InChI=1S/C16H28O7/c1-3-19-10(2)20-13-12(11(18)9-17)21-15-14(13)22-16(23-15)7-5-4-6-8-16/h10-15,17-18H,3-9H2,1-2H3/t10?,11?,12-,13+,14-,15-/m1/s1. The van der Waals surface area contributed by atoms with Crippen molar-refractivity contribution < 1.29 is 33.9 Å². The van der Waals surface area contributed by atoms with Gasteiger partial charge >= 0.3 is 0 Å². The van der Waals surface area contributed by atoms with Gasteiger partial charge in [0.25, 0.3) is 0 Å². The van der Waals surface area contributed by atoms with Crippen LogP contribution in [-0.2, 0) is 23.7 Å². The molecule has 2 unspecified atom stereocenters. The van der Waals surface area contributed by atoms with Gasteiger partial charge in [0.2, 0.25) is 0 Å². The molecule has 2 saturated heterocycles. The summed E-state index contributed by atoms with van der Waals surface area (Å²) >= 11 is 0. The molecule has 0 radical (unpaired) electrons. The van der Waals surface area contributed by atoms with Crippen LogP contribution in [0.2, 0.25) is 0 Å². The van der Waals surface area contributed by atoms with Crippen LogP contribution in [0.5, 0.6) is 0 Å². The minimum Gasteiger partial charge on any atom is -0.394 e. The van der Waals surface area contributed by atoms with Crippen LogP contribution in [0.15, 0.2) is 0 Å². The van der Waals surface area contributed by atoms with Gasteiger partial charge in [-0.05, 0) is 26.7 Å². The maximum absolute atomic E-state index is 10.0. The molecular weight excluding hydrogens is 304 g/mol. The third kappa shape index (κ3) is 3.56. The Balaban J connectivity index is 1.71. The number of rotatable bonds is 6. The van der Waals surface area contributed by atoms with Gasteiger partial charge < -0.3 is 33.9 Å². The Labute approximate surface area is 136 Å². The van der Waals surface area contributed by atoms with Crippen molar-refractivity contribution in [1.82, 2.24) is 0 Å². The number of ether oxygens (including phenoxy) is 5. The lowest BCUT2D eigenvalue weighted by atomic mass is 9.94. The van der Waals surface area contributed by atoms with E-state index in [9.17, 15) is 10.2 Å². The van der Waals surface area contributed by atoms with Crippen LogP contribution in [-0.4, -0.2) is 66.2 Å². The number of hydrogen-bond donors (Lipinski definition) is 2. The molecule has 1 aliphatic carbocycles. The molecule has 23 heavy (non-hydrogen) atoms. The van der Waals surface area contributed by atoms with Crippen molar-refractivity contribution in [1.29, 1.82) is 0 Å². The van der Waals surface area contributed by atoms with E-state index in [1.165, 1.54) is 6.42 Å². The van der Waals surface area contributed by atoms with E-state index in [0.29, 0.717) is 6.61 Å². The van der Waals surface area contributed by atoms with E-state index in [4.69, 9.17) is 23.7 Å². The smallest absolute Gasteiger partial charge is 0.190 e. The second-order valence-electron chi connectivity index (χ2n) is 6.51. The molecule has 1 spiro atoms. The van der Waals surface area contributed by atoms with Crippen LogP contribution in [0.3, 0.4) is 0 Å². The van der Waals surface area contributed by atoms with Crippen molar-refractivity contribution in [2.24, 2.45) is 0 Å². The van der Waals surface area contributed by atoms with E-state index in [2.05, 4.69) is 0 Å². The minimum absolute atomic E-state index is 0.405.